The molecule has 1 aromatic rings. The van der Waals surface area contributed by atoms with Gasteiger partial charge in [0.1, 0.15) is 5.75 Å². The number of aromatic hydroxyl groups is 1. The van der Waals surface area contributed by atoms with Crippen LogP contribution >= 0.6 is 0 Å². The van der Waals surface area contributed by atoms with E-state index >= 15 is 0 Å². The van der Waals surface area contributed by atoms with Crippen molar-refractivity contribution in [3.8, 4) is 5.75 Å². The van der Waals surface area contributed by atoms with Crippen molar-refractivity contribution >= 4 is 0 Å². The maximum Gasteiger partial charge on any atom is 0.115 e. The fourth-order valence-corrected chi connectivity index (χ4v) is 1.63. The first-order valence-electron chi connectivity index (χ1n) is 6.38. The highest BCUT2D eigenvalue weighted by Crippen LogP contribution is 2.13. The summed E-state index contributed by atoms with van der Waals surface area (Å²) in [6.45, 7) is 10.0. The van der Waals surface area contributed by atoms with Crippen LogP contribution in [0, 0.1) is 5.41 Å². The molecule has 0 aliphatic rings. The van der Waals surface area contributed by atoms with Gasteiger partial charge in [-0.1, -0.05) is 32.9 Å². The lowest BCUT2D eigenvalue weighted by Gasteiger charge is -2.22. The lowest BCUT2D eigenvalue weighted by Crippen LogP contribution is -2.34. The van der Waals surface area contributed by atoms with Gasteiger partial charge in [0, 0.05) is 12.6 Å². The third kappa shape index (κ3) is 6.32. The van der Waals surface area contributed by atoms with Gasteiger partial charge in [-0.15, -0.1) is 0 Å². The average Bonchev–Trinajstić information content (AvgIpc) is 2.25. The Labute approximate surface area is 105 Å². The molecule has 1 atom stereocenters. The van der Waals surface area contributed by atoms with Crippen LogP contribution < -0.4 is 5.32 Å². The molecule has 0 spiro atoms. The summed E-state index contributed by atoms with van der Waals surface area (Å²) in [6.07, 6.45) is 2.18. The van der Waals surface area contributed by atoms with E-state index < -0.39 is 0 Å². The molecule has 0 amide bonds. The molecular formula is C15H25NO. The molecule has 0 saturated heterocycles. The summed E-state index contributed by atoms with van der Waals surface area (Å²) in [4.78, 5) is 0. The van der Waals surface area contributed by atoms with Gasteiger partial charge in [0.05, 0.1) is 0 Å². The third-order valence-electron chi connectivity index (χ3n) is 2.78. The molecule has 0 aliphatic heterocycles. The highest BCUT2D eigenvalue weighted by molar-refractivity contribution is 5.25. The quantitative estimate of drug-likeness (QED) is 0.820. The number of phenolic OH excluding ortho intramolecular Hbond substituents is 1. The first-order chi connectivity index (χ1) is 7.87. The monoisotopic (exact) mass is 235 g/mol. The molecule has 2 nitrogen and oxygen atoms in total. The second-order valence-electron chi connectivity index (χ2n) is 6.05. The van der Waals surface area contributed by atoms with Gasteiger partial charge in [0.15, 0.2) is 0 Å². The Hall–Kier alpha value is -1.02. The van der Waals surface area contributed by atoms with Crippen molar-refractivity contribution in [2.45, 2.75) is 46.6 Å². The maximum atomic E-state index is 9.20. The van der Waals surface area contributed by atoms with E-state index in [1.807, 2.05) is 12.1 Å². The van der Waals surface area contributed by atoms with Crippen LogP contribution in [0.15, 0.2) is 24.3 Å². The van der Waals surface area contributed by atoms with Gasteiger partial charge in [-0.3, -0.25) is 0 Å². The Bertz CT molecular complexity index is 324. The summed E-state index contributed by atoms with van der Waals surface area (Å²) < 4.78 is 0. The summed E-state index contributed by atoms with van der Waals surface area (Å²) in [5, 5.41) is 12.8. The van der Waals surface area contributed by atoms with Crippen LogP contribution in [0.25, 0.3) is 0 Å². The van der Waals surface area contributed by atoms with Crippen LogP contribution in [0.4, 0.5) is 0 Å². The molecule has 0 aromatic heterocycles. The Morgan fingerprint density at radius 1 is 1.18 bits per heavy atom. The second kappa shape index (κ2) is 6.06. The molecule has 96 valence electrons. The lowest BCUT2D eigenvalue weighted by atomic mass is 9.96. The van der Waals surface area contributed by atoms with E-state index in [0.29, 0.717) is 17.2 Å². The van der Waals surface area contributed by atoms with E-state index in [0.717, 1.165) is 19.4 Å². The molecule has 2 N–H and O–H groups in total. The largest absolute Gasteiger partial charge is 0.508 e. The zero-order valence-corrected chi connectivity index (χ0v) is 11.5. The van der Waals surface area contributed by atoms with Crippen molar-refractivity contribution in [2.24, 2.45) is 5.41 Å². The van der Waals surface area contributed by atoms with E-state index in [-0.39, 0.29) is 0 Å². The predicted octanol–water partition coefficient (Wildman–Crippen LogP) is 3.35. The predicted molar refractivity (Wildman–Crippen MR) is 73.3 cm³/mol. The summed E-state index contributed by atoms with van der Waals surface area (Å²) >= 11 is 0. The van der Waals surface area contributed by atoms with Crippen LogP contribution in [-0.4, -0.2) is 17.7 Å². The first-order valence-corrected chi connectivity index (χ1v) is 6.38. The Morgan fingerprint density at radius 2 is 1.76 bits per heavy atom. The van der Waals surface area contributed by atoms with Crippen LogP contribution in [-0.2, 0) is 6.42 Å². The van der Waals surface area contributed by atoms with Gasteiger partial charge in [-0.25, -0.2) is 0 Å². The lowest BCUT2D eigenvalue weighted by molar-refractivity contribution is 0.351. The number of rotatable bonds is 5. The van der Waals surface area contributed by atoms with Crippen molar-refractivity contribution in [1.29, 1.82) is 0 Å². The smallest absolute Gasteiger partial charge is 0.115 e. The van der Waals surface area contributed by atoms with Gasteiger partial charge < -0.3 is 10.4 Å². The zero-order chi connectivity index (χ0) is 12.9. The number of hydrogen-bond acceptors (Lipinski definition) is 2. The number of aryl methyl sites for hydroxylation is 1. The summed E-state index contributed by atoms with van der Waals surface area (Å²) in [5.74, 6) is 0.340. The Morgan fingerprint density at radius 3 is 2.29 bits per heavy atom. The van der Waals surface area contributed by atoms with Crippen LogP contribution in [0.1, 0.15) is 39.7 Å². The third-order valence-corrected chi connectivity index (χ3v) is 2.78. The minimum Gasteiger partial charge on any atom is -0.508 e. The standard InChI is InChI=1S/C15H25NO/c1-12(16-11-15(2,3)4)5-6-13-7-9-14(17)10-8-13/h7-10,12,16-17H,5-6,11H2,1-4H3. The number of benzene rings is 1. The fraction of sp³-hybridized carbons (Fsp3) is 0.600. The number of hydrogen-bond donors (Lipinski definition) is 2. The van der Waals surface area contributed by atoms with Crippen molar-refractivity contribution in [2.75, 3.05) is 6.54 Å². The topological polar surface area (TPSA) is 32.3 Å². The second-order valence-corrected chi connectivity index (χ2v) is 6.05. The van der Waals surface area contributed by atoms with Gasteiger partial charge >= 0.3 is 0 Å². The molecular weight excluding hydrogens is 210 g/mol. The van der Waals surface area contributed by atoms with Crippen molar-refractivity contribution < 1.29 is 5.11 Å². The molecule has 1 aromatic carbocycles. The molecule has 0 heterocycles. The molecule has 2 heteroatoms. The molecule has 0 radical (unpaired) electrons. The number of nitrogens with one attached hydrogen (secondary N) is 1. The van der Waals surface area contributed by atoms with Gasteiger partial charge in [-0.2, -0.15) is 0 Å². The minimum absolute atomic E-state index is 0.340. The molecule has 1 unspecified atom stereocenters. The molecule has 1 rings (SSSR count). The molecule has 0 fully saturated rings. The SMILES string of the molecule is CC(CCc1ccc(O)cc1)NCC(C)(C)C. The minimum atomic E-state index is 0.340. The van der Waals surface area contributed by atoms with Gasteiger partial charge in [-0.05, 0) is 42.9 Å². The van der Waals surface area contributed by atoms with Gasteiger partial charge in [0.2, 0.25) is 0 Å². The summed E-state index contributed by atoms with van der Waals surface area (Å²) in [6, 6.07) is 8.02. The van der Waals surface area contributed by atoms with Crippen LogP contribution in [0.5, 0.6) is 5.75 Å². The highest BCUT2D eigenvalue weighted by Gasteiger charge is 2.11. The molecule has 0 bridgehead atoms. The fourth-order valence-electron chi connectivity index (χ4n) is 1.63. The average molecular weight is 235 g/mol. The van der Waals surface area contributed by atoms with Gasteiger partial charge in [0.25, 0.3) is 0 Å². The maximum absolute atomic E-state index is 9.20. The van der Waals surface area contributed by atoms with Crippen molar-refractivity contribution in [3.05, 3.63) is 29.8 Å². The Balaban J connectivity index is 2.28. The van der Waals surface area contributed by atoms with E-state index in [2.05, 4.69) is 33.0 Å². The van der Waals surface area contributed by atoms with Crippen LogP contribution in [0.2, 0.25) is 0 Å². The normalized spacial score (nSPS) is 13.6. The van der Waals surface area contributed by atoms with E-state index in [9.17, 15) is 5.11 Å². The summed E-state index contributed by atoms with van der Waals surface area (Å²) in [7, 11) is 0. The highest BCUT2D eigenvalue weighted by atomic mass is 16.3. The molecule has 0 aliphatic carbocycles. The van der Waals surface area contributed by atoms with Crippen LogP contribution in [0.3, 0.4) is 0 Å². The van der Waals surface area contributed by atoms with E-state index in [1.54, 1.807) is 12.1 Å². The first kappa shape index (κ1) is 14.0. The number of phenols is 1. The van der Waals surface area contributed by atoms with E-state index in [4.69, 9.17) is 0 Å². The van der Waals surface area contributed by atoms with Crippen molar-refractivity contribution in [1.82, 2.24) is 5.32 Å². The zero-order valence-electron chi connectivity index (χ0n) is 11.5. The Kier molecular flexibility index (Phi) is 5.01. The molecule has 17 heavy (non-hydrogen) atoms. The summed E-state index contributed by atoms with van der Waals surface area (Å²) in [5.41, 5.74) is 1.62. The molecule has 0 saturated carbocycles. The van der Waals surface area contributed by atoms with E-state index in [1.165, 1.54) is 5.56 Å². The van der Waals surface area contributed by atoms with Crippen molar-refractivity contribution in [3.63, 3.8) is 0 Å².